The molecule has 0 radical (unpaired) electrons. The van der Waals surface area contributed by atoms with Gasteiger partial charge in [0.2, 0.25) is 0 Å². The first-order valence-electron chi connectivity index (χ1n) is 6.67. The van der Waals surface area contributed by atoms with Crippen molar-refractivity contribution in [3.05, 3.63) is 36.5 Å². The van der Waals surface area contributed by atoms with Crippen molar-refractivity contribution in [1.29, 1.82) is 0 Å². The van der Waals surface area contributed by atoms with E-state index in [-0.39, 0.29) is 12.6 Å². The van der Waals surface area contributed by atoms with E-state index in [0.29, 0.717) is 13.0 Å². The van der Waals surface area contributed by atoms with E-state index in [1.54, 1.807) is 4.68 Å². The van der Waals surface area contributed by atoms with Crippen LogP contribution in [0.3, 0.4) is 0 Å². The zero-order valence-corrected chi connectivity index (χ0v) is 11.0. The molecule has 1 fully saturated rings. The molecule has 20 heavy (non-hydrogen) atoms. The fraction of sp³-hybridized carbons (Fsp3) is 0.429. The van der Waals surface area contributed by atoms with E-state index in [0.717, 1.165) is 11.3 Å². The van der Waals surface area contributed by atoms with Crippen LogP contribution >= 0.6 is 0 Å². The Morgan fingerprint density at radius 1 is 1.30 bits per heavy atom. The van der Waals surface area contributed by atoms with E-state index in [2.05, 4.69) is 10.3 Å². The number of benzene rings is 1. The van der Waals surface area contributed by atoms with Crippen LogP contribution in [0.2, 0.25) is 0 Å². The molecule has 6 nitrogen and oxygen atoms in total. The number of hydrogen-bond donors (Lipinski definition) is 2. The van der Waals surface area contributed by atoms with E-state index >= 15 is 0 Å². The van der Waals surface area contributed by atoms with Crippen molar-refractivity contribution in [3.63, 3.8) is 0 Å². The van der Waals surface area contributed by atoms with Gasteiger partial charge >= 0.3 is 0 Å². The second kappa shape index (κ2) is 5.70. The van der Waals surface area contributed by atoms with Crippen LogP contribution in [-0.4, -0.2) is 50.6 Å². The Balaban J connectivity index is 1.83. The number of ether oxygens (including phenoxy) is 1. The normalized spacial score (nSPS) is 26.6. The van der Waals surface area contributed by atoms with Gasteiger partial charge in [-0.3, -0.25) is 0 Å². The average Bonchev–Trinajstić information content (AvgIpc) is 2.98. The zero-order chi connectivity index (χ0) is 13.9. The molecule has 3 atom stereocenters. The summed E-state index contributed by atoms with van der Waals surface area (Å²) in [6, 6.07) is 9.54. The third-order valence-electron chi connectivity index (χ3n) is 3.62. The molecule has 3 unspecified atom stereocenters. The van der Waals surface area contributed by atoms with Gasteiger partial charge in [-0.05, 0) is 6.42 Å². The lowest BCUT2D eigenvalue weighted by molar-refractivity contribution is -0.120. The van der Waals surface area contributed by atoms with E-state index in [1.165, 1.54) is 0 Å². The molecule has 0 aliphatic carbocycles. The molecule has 1 aromatic heterocycles. The van der Waals surface area contributed by atoms with Crippen LogP contribution in [0.1, 0.15) is 12.5 Å². The number of aliphatic hydroxyl groups excluding tert-OH is 2. The quantitative estimate of drug-likeness (QED) is 0.858. The summed E-state index contributed by atoms with van der Waals surface area (Å²) >= 11 is 0. The minimum absolute atomic E-state index is 0.197. The van der Waals surface area contributed by atoms with E-state index in [9.17, 15) is 10.2 Å². The van der Waals surface area contributed by atoms with Crippen LogP contribution in [0, 0.1) is 0 Å². The third kappa shape index (κ3) is 2.45. The van der Waals surface area contributed by atoms with Gasteiger partial charge in [-0.25, -0.2) is 4.68 Å². The SMILES string of the molecule is OCC1OCCC(n2cc(-c3ccccc3)nn2)C1O. The lowest BCUT2D eigenvalue weighted by atomic mass is 10.0. The summed E-state index contributed by atoms with van der Waals surface area (Å²) in [6.45, 7) is 0.297. The van der Waals surface area contributed by atoms with Gasteiger partial charge in [-0.2, -0.15) is 0 Å². The Hall–Kier alpha value is -1.76. The zero-order valence-electron chi connectivity index (χ0n) is 11.0. The molecule has 2 N–H and O–H groups in total. The van der Waals surface area contributed by atoms with Crippen LogP contribution in [0.5, 0.6) is 0 Å². The third-order valence-corrected chi connectivity index (χ3v) is 3.62. The summed E-state index contributed by atoms with van der Waals surface area (Å²) in [5.41, 5.74) is 1.75. The molecular weight excluding hydrogens is 258 g/mol. The Morgan fingerprint density at radius 3 is 2.85 bits per heavy atom. The molecule has 0 amide bonds. The minimum atomic E-state index is -0.779. The van der Waals surface area contributed by atoms with E-state index < -0.39 is 12.2 Å². The highest BCUT2D eigenvalue weighted by atomic mass is 16.5. The maximum absolute atomic E-state index is 10.2. The second-order valence-corrected chi connectivity index (χ2v) is 4.89. The first kappa shape index (κ1) is 13.2. The van der Waals surface area contributed by atoms with Gasteiger partial charge in [-0.15, -0.1) is 5.10 Å². The smallest absolute Gasteiger partial charge is 0.113 e. The lowest BCUT2D eigenvalue weighted by Gasteiger charge is -2.33. The topological polar surface area (TPSA) is 80.4 Å². The molecule has 2 aromatic rings. The monoisotopic (exact) mass is 275 g/mol. The van der Waals surface area contributed by atoms with Gasteiger partial charge in [0.05, 0.1) is 18.8 Å². The van der Waals surface area contributed by atoms with Gasteiger partial charge in [0.1, 0.15) is 17.9 Å². The molecule has 0 saturated carbocycles. The molecule has 2 heterocycles. The summed E-state index contributed by atoms with van der Waals surface area (Å²) < 4.78 is 6.99. The predicted octanol–water partition coefficient (Wildman–Crippen LogP) is 0.628. The summed E-state index contributed by atoms with van der Waals surface area (Å²) in [6.07, 6.45) is 1.13. The number of aromatic nitrogens is 3. The first-order valence-corrected chi connectivity index (χ1v) is 6.67. The van der Waals surface area contributed by atoms with Crippen LogP contribution in [0.4, 0.5) is 0 Å². The summed E-state index contributed by atoms with van der Waals surface area (Å²) in [7, 11) is 0. The molecule has 3 rings (SSSR count). The van der Waals surface area contributed by atoms with Gasteiger partial charge < -0.3 is 14.9 Å². The van der Waals surface area contributed by atoms with Crippen LogP contribution in [0.25, 0.3) is 11.3 Å². The van der Waals surface area contributed by atoms with Crippen molar-refractivity contribution in [2.45, 2.75) is 24.7 Å². The van der Waals surface area contributed by atoms with Crippen molar-refractivity contribution in [2.24, 2.45) is 0 Å². The Labute approximate surface area is 116 Å². The Bertz CT molecular complexity index is 558. The van der Waals surface area contributed by atoms with Gasteiger partial charge in [0.15, 0.2) is 0 Å². The highest BCUT2D eigenvalue weighted by Gasteiger charge is 2.34. The molecule has 106 valence electrons. The van der Waals surface area contributed by atoms with Crippen LogP contribution in [0.15, 0.2) is 36.5 Å². The molecular formula is C14H17N3O3. The predicted molar refractivity (Wildman–Crippen MR) is 71.9 cm³/mol. The van der Waals surface area contributed by atoms with Gasteiger partial charge in [0.25, 0.3) is 0 Å². The lowest BCUT2D eigenvalue weighted by Crippen LogP contribution is -2.44. The molecule has 0 spiro atoms. The molecule has 1 aliphatic heterocycles. The summed E-state index contributed by atoms with van der Waals surface area (Å²) in [5.74, 6) is 0. The van der Waals surface area contributed by atoms with Crippen molar-refractivity contribution < 1.29 is 14.9 Å². The molecule has 0 bridgehead atoms. The van der Waals surface area contributed by atoms with Crippen LogP contribution in [-0.2, 0) is 4.74 Å². The van der Waals surface area contributed by atoms with Crippen molar-refractivity contribution in [3.8, 4) is 11.3 Å². The van der Waals surface area contributed by atoms with Gasteiger partial charge in [-0.1, -0.05) is 35.5 Å². The standard InChI is InChI=1S/C14H17N3O3/c18-9-13-14(19)12(6-7-20-13)17-8-11(15-16-17)10-4-2-1-3-5-10/h1-5,8,12-14,18-19H,6-7,9H2. The molecule has 6 heteroatoms. The van der Waals surface area contributed by atoms with Crippen molar-refractivity contribution in [1.82, 2.24) is 15.0 Å². The fourth-order valence-corrected chi connectivity index (χ4v) is 2.49. The second-order valence-electron chi connectivity index (χ2n) is 4.89. The number of hydrogen-bond acceptors (Lipinski definition) is 5. The number of aliphatic hydroxyl groups is 2. The molecule has 1 saturated heterocycles. The van der Waals surface area contributed by atoms with Crippen molar-refractivity contribution >= 4 is 0 Å². The Morgan fingerprint density at radius 2 is 2.10 bits per heavy atom. The maximum Gasteiger partial charge on any atom is 0.113 e. The molecule has 1 aromatic carbocycles. The Kier molecular flexibility index (Phi) is 3.77. The molecule has 1 aliphatic rings. The largest absolute Gasteiger partial charge is 0.394 e. The minimum Gasteiger partial charge on any atom is -0.394 e. The summed E-state index contributed by atoms with van der Waals surface area (Å²) in [4.78, 5) is 0. The maximum atomic E-state index is 10.2. The van der Waals surface area contributed by atoms with Crippen LogP contribution < -0.4 is 0 Å². The average molecular weight is 275 g/mol. The number of rotatable bonds is 3. The van der Waals surface area contributed by atoms with Gasteiger partial charge in [0, 0.05) is 12.2 Å². The van der Waals surface area contributed by atoms with E-state index in [4.69, 9.17) is 4.74 Å². The van der Waals surface area contributed by atoms with E-state index in [1.807, 2.05) is 36.5 Å². The highest BCUT2D eigenvalue weighted by molar-refractivity contribution is 5.57. The fourth-order valence-electron chi connectivity index (χ4n) is 2.49. The highest BCUT2D eigenvalue weighted by Crippen LogP contribution is 2.26. The summed E-state index contributed by atoms with van der Waals surface area (Å²) in [5, 5.41) is 27.6. The first-order chi connectivity index (χ1) is 9.79. The number of nitrogens with zero attached hydrogens (tertiary/aromatic N) is 3. The van der Waals surface area contributed by atoms with Crippen molar-refractivity contribution in [2.75, 3.05) is 13.2 Å².